The molecule has 0 aromatic heterocycles. The van der Waals surface area contributed by atoms with Crippen LogP contribution in [-0.2, 0) is 20.8 Å². The van der Waals surface area contributed by atoms with Crippen molar-refractivity contribution in [3.05, 3.63) is 78.4 Å². The van der Waals surface area contributed by atoms with E-state index >= 15 is 0 Å². The summed E-state index contributed by atoms with van der Waals surface area (Å²) >= 11 is 0. The van der Waals surface area contributed by atoms with Gasteiger partial charge in [0, 0.05) is 26.2 Å². The molecular weight excluding hydrogens is 448 g/mol. The van der Waals surface area contributed by atoms with Crippen LogP contribution in [-0.4, -0.2) is 77.2 Å². The highest BCUT2D eigenvalue weighted by Crippen LogP contribution is 2.20. The number of hydrogen-bond acceptors (Lipinski definition) is 5. The van der Waals surface area contributed by atoms with Crippen molar-refractivity contribution in [1.29, 1.82) is 0 Å². The minimum absolute atomic E-state index is 0.0714. The van der Waals surface area contributed by atoms with E-state index in [9.17, 15) is 4.79 Å². The topological polar surface area (TPSA) is 107 Å². The van der Waals surface area contributed by atoms with E-state index in [1.807, 2.05) is 35.2 Å². The molecule has 2 N–H and O–H groups in total. The summed E-state index contributed by atoms with van der Waals surface area (Å²) < 4.78 is 5.77. The van der Waals surface area contributed by atoms with E-state index in [-0.39, 0.29) is 12.5 Å². The number of hydrogen-bond donors (Lipinski definition) is 2. The lowest BCUT2D eigenvalue weighted by molar-refractivity contribution is -0.159. The standard InChI is InChI=1S/C25H28N2O2.C2H2O4/c28-25(20-29-24-13-12-22-10-4-5-11-23(22)19-24)27-17-15-26(16-18-27)14-6-9-21-7-2-1-3-8-21;3-1(4)2(5)6/h1-5,7-8,10-13,19H,6,9,14-18,20H2;(H,3,4)(H,5,6). The Morgan fingerprint density at radius 2 is 1.40 bits per heavy atom. The van der Waals surface area contributed by atoms with Gasteiger partial charge in [-0.05, 0) is 47.9 Å². The van der Waals surface area contributed by atoms with E-state index in [1.165, 1.54) is 10.9 Å². The van der Waals surface area contributed by atoms with Crippen LogP contribution in [0.4, 0.5) is 0 Å². The molecule has 184 valence electrons. The maximum Gasteiger partial charge on any atom is 0.414 e. The molecule has 1 aliphatic rings. The number of ether oxygens (including phenoxy) is 1. The molecule has 35 heavy (non-hydrogen) atoms. The van der Waals surface area contributed by atoms with Gasteiger partial charge < -0.3 is 19.8 Å². The molecule has 1 amide bonds. The zero-order chi connectivity index (χ0) is 25.0. The fourth-order valence-corrected chi connectivity index (χ4v) is 3.87. The van der Waals surface area contributed by atoms with E-state index in [2.05, 4.69) is 47.4 Å². The average molecular weight is 479 g/mol. The van der Waals surface area contributed by atoms with Gasteiger partial charge >= 0.3 is 11.9 Å². The van der Waals surface area contributed by atoms with Crippen LogP contribution in [0.5, 0.6) is 5.75 Å². The molecular formula is C27H30N2O6. The number of amides is 1. The molecule has 0 saturated carbocycles. The predicted molar refractivity (Wildman–Crippen MR) is 132 cm³/mol. The smallest absolute Gasteiger partial charge is 0.414 e. The minimum atomic E-state index is -1.82. The van der Waals surface area contributed by atoms with Gasteiger partial charge in [-0.25, -0.2) is 9.59 Å². The number of carboxylic acid groups (broad SMARTS) is 2. The largest absolute Gasteiger partial charge is 0.484 e. The number of carbonyl (C=O) groups excluding carboxylic acids is 1. The molecule has 1 heterocycles. The van der Waals surface area contributed by atoms with Crippen LogP contribution < -0.4 is 4.74 Å². The lowest BCUT2D eigenvalue weighted by Gasteiger charge is -2.34. The van der Waals surface area contributed by atoms with E-state index in [0.717, 1.165) is 56.7 Å². The lowest BCUT2D eigenvalue weighted by Crippen LogP contribution is -2.50. The SMILES string of the molecule is O=C(COc1ccc2ccccc2c1)N1CCN(CCCc2ccccc2)CC1.O=C(O)C(=O)O. The lowest BCUT2D eigenvalue weighted by atomic mass is 10.1. The van der Waals surface area contributed by atoms with E-state index < -0.39 is 11.9 Å². The van der Waals surface area contributed by atoms with Gasteiger partial charge in [0.05, 0.1) is 0 Å². The monoisotopic (exact) mass is 478 g/mol. The van der Waals surface area contributed by atoms with E-state index in [4.69, 9.17) is 24.5 Å². The summed E-state index contributed by atoms with van der Waals surface area (Å²) in [7, 11) is 0. The minimum Gasteiger partial charge on any atom is -0.484 e. The third-order valence-corrected chi connectivity index (χ3v) is 5.77. The Bertz CT molecular complexity index is 1110. The first-order valence-corrected chi connectivity index (χ1v) is 11.5. The Morgan fingerprint density at radius 3 is 2.06 bits per heavy atom. The van der Waals surface area contributed by atoms with Gasteiger partial charge in [0.1, 0.15) is 5.75 Å². The van der Waals surface area contributed by atoms with Crippen molar-refractivity contribution in [3.63, 3.8) is 0 Å². The van der Waals surface area contributed by atoms with Crippen LogP contribution in [0.1, 0.15) is 12.0 Å². The molecule has 0 aliphatic carbocycles. The van der Waals surface area contributed by atoms with Crippen molar-refractivity contribution >= 4 is 28.6 Å². The van der Waals surface area contributed by atoms with Gasteiger partial charge in [0.25, 0.3) is 5.91 Å². The number of carboxylic acids is 2. The maximum atomic E-state index is 12.5. The van der Waals surface area contributed by atoms with Gasteiger partial charge in [-0.1, -0.05) is 60.7 Å². The number of carbonyl (C=O) groups is 3. The number of aryl methyl sites for hydroxylation is 1. The summed E-state index contributed by atoms with van der Waals surface area (Å²) in [5.74, 6) is -2.83. The molecule has 1 aliphatic heterocycles. The molecule has 0 spiro atoms. The fraction of sp³-hybridized carbons (Fsp3) is 0.296. The Hall–Kier alpha value is -3.91. The van der Waals surface area contributed by atoms with Crippen LogP contribution in [0.2, 0.25) is 0 Å². The molecule has 8 heteroatoms. The number of nitrogens with zero attached hydrogens (tertiary/aromatic N) is 2. The number of fused-ring (bicyclic) bond motifs is 1. The molecule has 1 saturated heterocycles. The quantitative estimate of drug-likeness (QED) is 0.502. The molecule has 3 aromatic rings. The summed E-state index contributed by atoms with van der Waals surface area (Å²) in [4.78, 5) is 35.1. The van der Waals surface area contributed by atoms with Crippen LogP contribution >= 0.6 is 0 Å². The maximum absolute atomic E-state index is 12.5. The fourth-order valence-electron chi connectivity index (χ4n) is 3.87. The van der Waals surface area contributed by atoms with Crippen molar-refractivity contribution in [2.24, 2.45) is 0 Å². The molecule has 0 radical (unpaired) electrons. The van der Waals surface area contributed by atoms with Gasteiger partial charge in [-0.2, -0.15) is 0 Å². The van der Waals surface area contributed by atoms with Crippen molar-refractivity contribution in [1.82, 2.24) is 9.80 Å². The Morgan fingerprint density at radius 1 is 0.771 bits per heavy atom. The number of aliphatic carboxylic acids is 2. The highest BCUT2D eigenvalue weighted by Gasteiger charge is 2.21. The van der Waals surface area contributed by atoms with Gasteiger partial charge in [0.2, 0.25) is 0 Å². The van der Waals surface area contributed by atoms with Crippen molar-refractivity contribution in [3.8, 4) is 5.75 Å². The molecule has 4 rings (SSSR count). The third kappa shape index (κ3) is 8.42. The summed E-state index contributed by atoms with van der Waals surface area (Å²) in [6.07, 6.45) is 2.27. The average Bonchev–Trinajstić information content (AvgIpc) is 2.88. The second-order valence-corrected chi connectivity index (χ2v) is 8.22. The summed E-state index contributed by atoms with van der Waals surface area (Å²) in [5.41, 5.74) is 1.40. The predicted octanol–water partition coefficient (Wildman–Crippen LogP) is 3.15. The second kappa shape index (κ2) is 13.1. The highest BCUT2D eigenvalue weighted by molar-refractivity contribution is 6.27. The summed E-state index contributed by atoms with van der Waals surface area (Å²) in [6, 6.07) is 24.7. The number of rotatable bonds is 7. The summed E-state index contributed by atoms with van der Waals surface area (Å²) in [6.45, 7) is 4.64. The highest BCUT2D eigenvalue weighted by atomic mass is 16.5. The molecule has 0 unspecified atom stereocenters. The van der Waals surface area contributed by atoms with E-state index in [1.54, 1.807) is 0 Å². The Labute approximate surface area is 204 Å². The molecule has 3 aromatic carbocycles. The third-order valence-electron chi connectivity index (χ3n) is 5.77. The van der Waals surface area contributed by atoms with Crippen molar-refractivity contribution in [2.45, 2.75) is 12.8 Å². The first-order chi connectivity index (χ1) is 16.9. The van der Waals surface area contributed by atoms with Crippen LogP contribution in [0, 0.1) is 0 Å². The number of benzene rings is 3. The van der Waals surface area contributed by atoms with Gasteiger partial charge in [-0.3, -0.25) is 9.69 Å². The van der Waals surface area contributed by atoms with Crippen LogP contribution in [0.15, 0.2) is 72.8 Å². The first-order valence-electron chi connectivity index (χ1n) is 11.5. The van der Waals surface area contributed by atoms with Gasteiger partial charge in [0.15, 0.2) is 6.61 Å². The first kappa shape index (κ1) is 25.7. The van der Waals surface area contributed by atoms with Crippen molar-refractivity contribution in [2.75, 3.05) is 39.3 Å². The summed E-state index contributed by atoms with van der Waals surface area (Å²) in [5, 5.41) is 17.1. The number of piperazine rings is 1. The molecule has 1 fully saturated rings. The Kier molecular flexibility index (Phi) is 9.62. The molecule has 8 nitrogen and oxygen atoms in total. The van der Waals surface area contributed by atoms with E-state index in [0.29, 0.717) is 0 Å². The zero-order valence-electron chi connectivity index (χ0n) is 19.5. The normalized spacial score (nSPS) is 13.5. The molecule has 0 bridgehead atoms. The van der Waals surface area contributed by atoms with Crippen molar-refractivity contribution < 1.29 is 29.3 Å². The zero-order valence-corrected chi connectivity index (χ0v) is 19.5. The van der Waals surface area contributed by atoms with Crippen LogP contribution in [0.3, 0.4) is 0 Å². The Balaban J connectivity index is 0.000000509. The second-order valence-electron chi connectivity index (χ2n) is 8.22. The van der Waals surface area contributed by atoms with Gasteiger partial charge in [-0.15, -0.1) is 0 Å². The molecule has 0 atom stereocenters. The van der Waals surface area contributed by atoms with Crippen LogP contribution in [0.25, 0.3) is 10.8 Å².